The molecule has 1 aromatic heterocycles. The molecule has 0 aliphatic heterocycles. The van der Waals surface area contributed by atoms with E-state index < -0.39 is 0 Å². The lowest BCUT2D eigenvalue weighted by Gasteiger charge is -2.01. The summed E-state index contributed by atoms with van der Waals surface area (Å²) in [7, 11) is 0. The molecular formula is C15H13ClN2O. The first-order valence-corrected chi connectivity index (χ1v) is 6.40. The zero-order valence-electron chi connectivity index (χ0n) is 10.5. The predicted molar refractivity (Wildman–Crippen MR) is 77.4 cm³/mol. The lowest BCUT2D eigenvalue weighted by atomic mass is 10.1. The van der Waals surface area contributed by atoms with Crippen molar-refractivity contribution in [3.05, 3.63) is 58.4 Å². The number of rotatable bonds is 2. The number of hydrogen-bond acceptors (Lipinski definition) is 3. The Balaban J connectivity index is 2.03. The van der Waals surface area contributed by atoms with Gasteiger partial charge in [0.2, 0.25) is 0 Å². The number of para-hydroxylation sites is 1. The summed E-state index contributed by atoms with van der Waals surface area (Å²) in [6.45, 7) is 1.96. The molecule has 2 aromatic carbocycles. The summed E-state index contributed by atoms with van der Waals surface area (Å²) in [5, 5.41) is 0.670. The Morgan fingerprint density at radius 3 is 2.84 bits per heavy atom. The van der Waals surface area contributed by atoms with Crippen molar-refractivity contribution < 1.29 is 4.42 Å². The molecule has 0 bridgehead atoms. The second kappa shape index (κ2) is 4.59. The van der Waals surface area contributed by atoms with E-state index in [2.05, 4.69) is 4.98 Å². The number of aryl methyl sites for hydroxylation is 1. The van der Waals surface area contributed by atoms with Crippen LogP contribution in [-0.2, 0) is 6.42 Å². The van der Waals surface area contributed by atoms with Crippen molar-refractivity contribution in [3.8, 4) is 0 Å². The first kappa shape index (κ1) is 12.1. The van der Waals surface area contributed by atoms with Gasteiger partial charge in [0.05, 0.1) is 6.42 Å². The van der Waals surface area contributed by atoms with E-state index in [0.717, 1.165) is 27.9 Å². The van der Waals surface area contributed by atoms with Gasteiger partial charge in [-0.25, -0.2) is 4.98 Å². The Kier molecular flexibility index (Phi) is 2.91. The highest BCUT2D eigenvalue weighted by atomic mass is 35.5. The number of nitrogen functional groups attached to an aromatic ring is 1. The Bertz CT molecular complexity index is 749. The van der Waals surface area contributed by atoms with Crippen molar-refractivity contribution in [2.24, 2.45) is 0 Å². The maximum atomic E-state index is 6.02. The zero-order chi connectivity index (χ0) is 13.4. The van der Waals surface area contributed by atoms with Crippen molar-refractivity contribution in [2.45, 2.75) is 13.3 Å². The van der Waals surface area contributed by atoms with E-state index >= 15 is 0 Å². The van der Waals surface area contributed by atoms with E-state index in [4.69, 9.17) is 21.8 Å². The Morgan fingerprint density at radius 2 is 2.05 bits per heavy atom. The molecule has 0 saturated carbocycles. The second-order valence-electron chi connectivity index (χ2n) is 4.55. The molecule has 0 saturated heterocycles. The number of hydrogen-bond donors (Lipinski definition) is 1. The molecule has 2 N–H and O–H groups in total. The molecule has 0 aliphatic carbocycles. The molecule has 0 aliphatic rings. The van der Waals surface area contributed by atoms with E-state index in [1.54, 1.807) is 0 Å². The topological polar surface area (TPSA) is 52.0 Å². The lowest BCUT2D eigenvalue weighted by molar-refractivity contribution is 0.542. The number of oxazole rings is 1. The Morgan fingerprint density at radius 1 is 1.26 bits per heavy atom. The highest BCUT2D eigenvalue weighted by Gasteiger charge is 2.10. The van der Waals surface area contributed by atoms with Crippen molar-refractivity contribution in [1.29, 1.82) is 0 Å². The minimum atomic E-state index is 0.582. The molecule has 96 valence electrons. The number of halogens is 1. The minimum Gasteiger partial charge on any atom is -0.440 e. The molecule has 19 heavy (non-hydrogen) atoms. The summed E-state index contributed by atoms with van der Waals surface area (Å²) in [5.74, 6) is 0.651. The van der Waals surface area contributed by atoms with Gasteiger partial charge in [-0.05, 0) is 36.2 Å². The number of anilines is 1. The van der Waals surface area contributed by atoms with Gasteiger partial charge in [-0.3, -0.25) is 0 Å². The van der Waals surface area contributed by atoms with Gasteiger partial charge in [0.15, 0.2) is 11.5 Å². The lowest BCUT2D eigenvalue weighted by Crippen LogP contribution is -1.95. The summed E-state index contributed by atoms with van der Waals surface area (Å²) in [6.07, 6.45) is 0.582. The molecule has 3 aromatic rings. The normalized spacial score (nSPS) is 11.1. The van der Waals surface area contributed by atoms with Crippen LogP contribution in [0.4, 0.5) is 5.69 Å². The standard InChI is InChI=1S/C15H13ClN2O/c1-9-6-11(16)8-13-15(9)19-14(18-13)7-10-4-2-3-5-12(10)17/h2-6,8H,7,17H2,1H3. The van der Waals surface area contributed by atoms with E-state index in [1.807, 2.05) is 43.3 Å². The molecular weight excluding hydrogens is 260 g/mol. The van der Waals surface area contributed by atoms with Crippen LogP contribution >= 0.6 is 11.6 Å². The quantitative estimate of drug-likeness (QED) is 0.718. The molecule has 1 heterocycles. The third-order valence-electron chi connectivity index (χ3n) is 3.08. The van der Waals surface area contributed by atoms with Crippen LogP contribution in [0.15, 0.2) is 40.8 Å². The maximum absolute atomic E-state index is 6.02. The van der Waals surface area contributed by atoms with Gasteiger partial charge in [0, 0.05) is 10.7 Å². The number of nitrogens with zero attached hydrogens (tertiary/aromatic N) is 1. The van der Waals surface area contributed by atoms with E-state index in [9.17, 15) is 0 Å². The fourth-order valence-corrected chi connectivity index (χ4v) is 2.40. The molecule has 0 fully saturated rings. The number of aromatic nitrogens is 1. The van der Waals surface area contributed by atoms with Gasteiger partial charge in [0.1, 0.15) is 5.52 Å². The monoisotopic (exact) mass is 272 g/mol. The second-order valence-corrected chi connectivity index (χ2v) is 4.99. The van der Waals surface area contributed by atoms with Gasteiger partial charge in [-0.2, -0.15) is 0 Å². The van der Waals surface area contributed by atoms with E-state index in [-0.39, 0.29) is 0 Å². The predicted octanol–water partition coefficient (Wildman–Crippen LogP) is 3.96. The summed E-state index contributed by atoms with van der Waals surface area (Å²) in [5.41, 5.74) is 10.2. The highest BCUT2D eigenvalue weighted by molar-refractivity contribution is 6.31. The molecule has 0 unspecified atom stereocenters. The highest BCUT2D eigenvalue weighted by Crippen LogP contribution is 2.25. The first-order valence-electron chi connectivity index (χ1n) is 6.02. The SMILES string of the molecule is Cc1cc(Cl)cc2nc(Cc3ccccc3N)oc12. The van der Waals surface area contributed by atoms with Crippen molar-refractivity contribution in [3.63, 3.8) is 0 Å². The van der Waals surface area contributed by atoms with Gasteiger partial charge in [0.25, 0.3) is 0 Å². The molecule has 4 heteroatoms. The summed E-state index contributed by atoms with van der Waals surface area (Å²) in [6, 6.07) is 11.4. The Hall–Kier alpha value is -2.00. The number of fused-ring (bicyclic) bond motifs is 1. The van der Waals surface area contributed by atoms with E-state index in [1.165, 1.54) is 0 Å². The number of nitrogens with two attached hydrogens (primary N) is 1. The smallest absolute Gasteiger partial charge is 0.199 e. The molecule has 0 radical (unpaired) electrons. The largest absolute Gasteiger partial charge is 0.440 e. The van der Waals surface area contributed by atoms with Crippen LogP contribution in [0.2, 0.25) is 5.02 Å². The Labute approximate surface area is 116 Å². The first-order chi connectivity index (χ1) is 9.13. The van der Waals surface area contributed by atoms with Crippen LogP contribution in [0.25, 0.3) is 11.1 Å². The fourth-order valence-electron chi connectivity index (χ4n) is 2.14. The third kappa shape index (κ3) is 2.29. The van der Waals surface area contributed by atoms with Crippen LogP contribution < -0.4 is 5.73 Å². The van der Waals surface area contributed by atoms with Crippen molar-refractivity contribution in [2.75, 3.05) is 5.73 Å². The molecule has 0 spiro atoms. The van der Waals surface area contributed by atoms with Crippen molar-refractivity contribution in [1.82, 2.24) is 4.98 Å². The van der Waals surface area contributed by atoms with Crippen molar-refractivity contribution >= 4 is 28.4 Å². The molecule has 0 amide bonds. The maximum Gasteiger partial charge on any atom is 0.199 e. The fraction of sp³-hybridized carbons (Fsp3) is 0.133. The van der Waals surface area contributed by atoms with Gasteiger partial charge in [-0.15, -0.1) is 0 Å². The summed E-state index contributed by atoms with van der Waals surface area (Å²) < 4.78 is 5.79. The van der Waals surface area contributed by atoms with E-state index in [0.29, 0.717) is 17.3 Å². The van der Waals surface area contributed by atoms with Gasteiger partial charge >= 0.3 is 0 Å². The molecule has 0 atom stereocenters. The molecule has 3 rings (SSSR count). The number of benzene rings is 2. The van der Waals surface area contributed by atoms with Gasteiger partial charge in [-0.1, -0.05) is 29.8 Å². The molecule has 3 nitrogen and oxygen atoms in total. The average molecular weight is 273 g/mol. The summed E-state index contributed by atoms with van der Waals surface area (Å²) in [4.78, 5) is 4.46. The van der Waals surface area contributed by atoms with Crippen LogP contribution in [0.5, 0.6) is 0 Å². The summed E-state index contributed by atoms with van der Waals surface area (Å²) >= 11 is 6.02. The van der Waals surface area contributed by atoms with Crippen LogP contribution in [0.1, 0.15) is 17.0 Å². The van der Waals surface area contributed by atoms with Crippen LogP contribution in [0, 0.1) is 6.92 Å². The third-order valence-corrected chi connectivity index (χ3v) is 3.30. The minimum absolute atomic E-state index is 0.582. The van der Waals surface area contributed by atoms with Crippen LogP contribution in [0.3, 0.4) is 0 Å². The van der Waals surface area contributed by atoms with Crippen LogP contribution in [-0.4, -0.2) is 4.98 Å². The van der Waals surface area contributed by atoms with Gasteiger partial charge < -0.3 is 10.2 Å². The average Bonchev–Trinajstić information content (AvgIpc) is 2.75. The zero-order valence-corrected chi connectivity index (χ0v) is 11.2.